The monoisotopic (exact) mass is 330 g/mol. The maximum atomic E-state index is 13.0. The number of Topliss-reactive ketones (excluding diaryl/α,β-unsaturated/α-hetero) is 1. The molecule has 0 aliphatic rings. The lowest BCUT2D eigenvalue weighted by molar-refractivity contribution is -0.126. The van der Waals surface area contributed by atoms with Gasteiger partial charge < -0.3 is 4.74 Å². The molecule has 0 aliphatic heterocycles. The van der Waals surface area contributed by atoms with Crippen molar-refractivity contribution in [1.29, 1.82) is 0 Å². The average Bonchev–Trinajstić information content (AvgIpc) is 2.46. The summed E-state index contributed by atoms with van der Waals surface area (Å²) in [6, 6.07) is 5.49. The van der Waals surface area contributed by atoms with E-state index in [9.17, 15) is 9.59 Å². The molecule has 0 saturated heterocycles. The molecule has 2 aromatic heterocycles. The third kappa shape index (κ3) is 3.50. The van der Waals surface area contributed by atoms with Crippen LogP contribution in [-0.4, -0.2) is 22.4 Å². The molecular formula is C19H26N2O3. The molecule has 0 radical (unpaired) electrons. The number of fused-ring (bicyclic) bond motifs is 1. The van der Waals surface area contributed by atoms with Gasteiger partial charge in [0.1, 0.15) is 5.65 Å². The van der Waals surface area contributed by atoms with Crippen LogP contribution in [-0.2, 0) is 16.8 Å². The second kappa shape index (κ2) is 6.04. The van der Waals surface area contributed by atoms with Crippen LogP contribution in [0.15, 0.2) is 23.0 Å². The Labute approximate surface area is 142 Å². The Morgan fingerprint density at radius 3 is 2.29 bits per heavy atom. The Kier molecular flexibility index (Phi) is 4.57. The summed E-state index contributed by atoms with van der Waals surface area (Å²) < 4.78 is 6.65. The quantitative estimate of drug-likeness (QED) is 0.866. The SMILES string of the molecule is COc1ccc2cc(C(C)(C)C)c(=O)n(CC(=O)C(C)(C)C)c2n1. The highest BCUT2D eigenvalue weighted by atomic mass is 16.5. The number of ketones is 1. The van der Waals surface area contributed by atoms with Gasteiger partial charge >= 0.3 is 0 Å². The normalized spacial score (nSPS) is 12.5. The molecule has 0 fully saturated rings. The predicted octanol–water partition coefficient (Wildman–Crippen LogP) is 3.32. The topological polar surface area (TPSA) is 61.2 Å². The molecule has 2 aromatic rings. The van der Waals surface area contributed by atoms with E-state index in [2.05, 4.69) is 4.98 Å². The van der Waals surface area contributed by atoms with Crippen LogP contribution in [0, 0.1) is 5.41 Å². The predicted molar refractivity (Wildman–Crippen MR) is 95.7 cm³/mol. The Bertz CT molecular complexity index is 837. The smallest absolute Gasteiger partial charge is 0.256 e. The minimum Gasteiger partial charge on any atom is -0.481 e. The van der Waals surface area contributed by atoms with Gasteiger partial charge in [0, 0.05) is 22.4 Å². The Balaban J connectivity index is 2.79. The van der Waals surface area contributed by atoms with E-state index in [1.165, 1.54) is 11.7 Å². The number of carbonyl (C=O) groups is 1. The standard InChI is InChI=1S/C19H26N2O3/c1-18(2,3)13-10-12-8-9-15(24-7)20-16(12)21(17(13)23)11-14(22)19(4,5)6/h8-10H,11H2,1-7H3. The molecule has 0 saturated carbocycles. The summed E-state index contributed by atoms with van der Waals surface area (Å²) in [5.74, 6) is 0.406. The number of pyridine rings is 2. The highest BCUT2D eigenvalue weighted by Crippen LogP contribution is 2.24. The maximum absolute atomic E-state index is 13.0. The van der Waals surface area contributed by atoms with Crippen LogP contribution < -0.4 is 10.3 Å². The number of hydrogen-bond donors (Lipinski definition) is 0. The summed E-state index contributed by atoms with van der Waals surface area (Å²) in [5, 5.41) is 0.821. The number of methoxy groups -OCH3 is 1. The van der Waals surface area contributed by atoms with Gasteiger partial charge in [0.2, 0.25) is 5.88 Å². The van der Waals surface area contributed by atoms with Crippen molar-refractivity contribution in [2.75, 3.05) is 7.11 Å². The van der Waals surface area contributed by atoms with E-state index in [4.69, 9.17) is 4.74 Å². The lowest BCUT2D eigenvalue weighted by Crippen LogP contribution is -2.35. The van der Waals surface area contributed by atoms with Crippen LogP contribution in [0.1, 0.15) is 47.1 Å². The molecule has 24 heavy (non-hydrogen) atoms. The molecule has 2 heterocycles. The minimum atomic E-state index is -0.525. The first kappa shape index (κ1) is 18.2. The Hall–Kier alpha value is -2.17. The Morgan fingerprint density at radius 1 is 1.17 bits per heavy atom. The van der Waals surface area contributed by atoms with Gasteiger partial charge in [-0.15, -0.1) is 0 Å². The maximum Gasteiger partial charge on any atom is 0.256 e. The van der Waals surface area contributed by atoms with Crippen molar-refractivity contribution in [3.05, 3.63) is 34.1 Å². The summed E-state index contributed by atoms with van der Waals surface area (Å²) in [4.78, 5) is 29.9. The van der Waals surface area contributed by atoms with E-state index in [0.29, 0.717) is 17.1 Å². The molecule has 0 atom stereocenters. The van der Waals surface area contributed by atoms with Gasteiger partial charge in [0.25, 0.3) is 5.56 Å². The zero-order valence-electron chi connectivity index (χ0n) is 15.6. The van der Waals surface area contributed by atoms with Crippen molar-refractivity contribution in [3.63, 3.8) is 0 Å². The van der Waals surface area contributed by atoms with Gasteiger partial charge in [-0.05, 0) is 17.5 Å². The molecule has 0 spiro atoms. The Morgan fingerprint density at radius 2 is 1.79 bits per heavy atom. The number of ether oxygens (including phenoxy) is 1. The minimum absolute atomic E-state index is 0.00290. The average molecular weight is 330 g/mol. The first-order chi connectivity index (χ1) is 10.9. The van der Waals surface area contributed by atoms with Crippen molar-refractivity contribution in [1.82, 2.24) is 9.55 Å². The lowest BCUT2D eigenvalue weighted by Gasteiger charge is -2.23. The van der Waals surface area contributed by atoms with E-state index in [1.807, 2.05) is 53.7 Å². The van der Waals surface area contributed by atoms with Gasteiger partial charge in [-0.3, -0.25) is 14.2 Å². The lowest BCUT2D eigenvalue weighted by atomic mass is 9.87. The number of carbonyl (C=O) groups excluding carboxylic acids is 1. The van der Waals surface area contributed by atoms with E-state index < -0.39 is 5.41 Å². The molecule has 0 unspecified atom stereocenters. The summed E-state index contributed by atoms with van der Waals surface area (Å²) in [6.07, 6.45) is 0. The van der Waals surface area contributed by atoms with Gasteiger partial charge in [-0.2, -0.15) is 4.98 Å². The molecule has 2 rings (SSSR count). The second-order valence-electron chi connectivity index (χ2n) is 8.14. The summed E-state index contributed by atoms with van der Waals surface area (Å²) in [7, 11) is 1.53. The van der Waals surface area contributed by atoms with E-state index in [0.717, 1.165) is 5.39 Å². The number of aromatic nitrogens is 2. The fraction of sp³-hybridized carbons (Fsp3) is 0.526. The number of nitrogens with zero attached hydrogens (tertiary/aromatic N) is 2. The third-order valence-electron chi connectivity index (χ3n) is 4.07. The van der Waals surface area contributed by atoms with Crippen LogP contribution in [0.25, 0.3) is 11.0 Å². The van der Waals surface area contributed by atoms with Crippen molar-refractivity contribution >= 4 is 16.8 Å². The largest absolute Gasteiger partial charge is 0.481 e. The fourth-order valence-corrected chi connectivity index (χ4v) is 2.41. The molecule has 130 valence electrons. The molecule has 0 amide bonds. The van der Waals surface area contributed by atoms with E-state index >= 15 is 0 Å². The van der Waals surface area contributed by atoms with Crippen molar-refractivity contribution in [3.8, 4) is 5.88 Å². The van der Waals surface area contributed by atoms with Crippen LogP contribution in [0.2, 0.25) is 0 Å². The zero-order valence-corrected chi connectivity index (χ0v) is 15.6. The molecule has 5 heteroatoms. The van der Waals surface area contributed by atoms with Crippen LogP contribution >= 0.6 is 0 Å². The first-order valence-electron chi connectivity index (χ1n) is 8.07. The second-order valence-corrected chi connectivity index (χ2v) is 8.14. The fourth-order valence-electron chi connectivity index (χ4n) is 2.41. The number of hydrogen-bond acceptors (Lipinski definition) is 4. The van der Waals surface area contributed by atoms with Crippen LogP contribution in [0.3, 0.4) is 0 Å². The molecule has 0 aliphatic carbocycles. The molecule has 0 aromatic carbocycles. The highest BCUT2D eigenvalue weighted by molar-refractivity contribution is 5.85. The van der Waals surface area contributed by atoms with Gasteiger partial charge in [0.15, 0.2) is 5.78 Å². The van der Waals surface area contributed by atoms with Gasteiger partial charge in [0.05, 0.1) is 13.7 Å². The van der Waals surface area contributed by atoms with Crippen LogP contribution in [0.5, 0.6) is 5.88 Å². The number of rotatable bonds is 3. The van der Waals surface area contributed by atoms with Gasteiger partial charge in [-0.25, -0.2) is 0 Å². The third-order valence-corrected chi connectivity index (χ3v) is 4.07. The van der Waals surface area contributed by atoms with E-state index in [-0.39, 0.29) is 23.3 Å². The molecular weight excluding hydrogens is 304 g/mol. The zero-order chi connectivity index (χ0) is 18.3. The summed E-state index contributed by atoms with van der Waals surface area (Å²) >= 11 is 0. The van der Waals surface area contributed by atoms with E-state index in [1.54, 1.807) is 6.07 Å². The summed E-state index contributed by atoms with van der Waals surface area (Å²) in [6.45, 7) is 11.5. The van der Waals surface area contributed by atoms with Crippen molar-refractivity contribution in [2.24, 2.45) is 5.41 Å². The van der Waals surface area contributed by atoms with Crippen LogP contribution in [0.4, 0.5) is 0 Å². The summed E-state index contributed by atoms with van der Waals surface area (Å²) in [5.41, 5.74) is 0.127. The molecule has 0 bridgehead atoms. The molecule has 5 nitrogen and oxygen atoms in total. The van der Waals surface area contributed by atoms with Gasteiger partial charge in [-0.1, -0.05) is 41.5 Å². The first-order valence-corrected chi connectivity index (χ1v) is 8.07. The highest BCUT2D eigenvalue weighted by Gasteiger charge is 2.26. The van der Waals surface area contributed by atoms with Crippen molar-refractivity contribution in [2.45, 2.75) is 53.5 Å². The molecule has 0 N–H and O–H groups in total. The van der Waals surface area contributed by atoms with Crippen molar-refractivity contribution < 1.29 is 9.53 Å².